The molecule has 0 radical (unpaired) electrons. The zero-order chi connectivity index (χ0) is 22.4. The highest BCUT2D eigenvalue weighted by Crippen LogP contribution is 2.34. The SMILES string of the molecule is CCOc1cc(-c2ccc(N3CCC(n4cc(F)cn4)CC3)nc2)c2c3cn[nH]c3nn2c1. The van der Waals surface area contributed by atoms with Crippen molar-refractivity contribution in [3.8, 4) is 16.9 Å². The van der Waals surface area contributed by atoms with E-state index in [9.17, 15) is 4.39 Å². The molecule has 1 aliphatic rings. The van der Waals surface area contributed by atoms with Crippen molar-refractivity contribution in [2.24, 2.45) is 0 Å². The van der Waals surface area contributed by atoms with E-state index in [1.165, 1.54) is 12.4 Å². The van der Waals surface area contributed by atoms with Gasteiger partial charge in [-0.2, -0.15) is 10.2 Å². The van der Waals surface area contributed by atoms with E-state index in [0.29, 0.717) is 6.61 Å². The molecular weight excluding hydrogens is 423 g/mol. The van der Waals surface area contributed by atoms with Gasteiger partial charge in [0.25, 0.3) is 0 Å². The van der Waals surface area contributed by atoms with Gasteiger partial charge in [-0.05, 0) is 38.0 Å². The lowest BCUT2D eigenvalue weighted by atomic mass is 10.0. The Morgan fingerprint density at radius 1 is 1.15 bits per heavy atom. The first-order valence-corrected chi connectivity index (χ1v) is 11.1. The summed E-state index contributed by atoms with van der Waals surface area (Å²) in [4.78, 5) is 7.03. The molecule has 5 aromatic rings. The Kier molecular flexibility index (Phi) is 4.70. The van der Waals surface area contributed by atoms with Crippen molar-refractivity contribution in [1.82, 2.24) is 34.6 Å². The van der Waals surface area contributed by atoms with Crippen LogP contribution < -0.4 is 9.64 Å². The molecule has 0 aromatic carbocycles. The molecule has 168 valence electrons. The number of aromatic amines is 1. The average molecular weight is 446 g/mol. The van der Waals surface area contributed by atoms with Crippen LogP contribution in [0, 0.1) is 5.82 Å². The second-order valence-corrected chi connectivity index (χ2v) is 8.21. The van der Waals surface area contributed by atoms with Crippen molar-refractivity contribution >= 4 is 22.4 Å². The van der Waals surface area contributed by atoms with Gasteiger partial charge in [0.05, 0.1) is 48.3 Å². The highest BCUT2D eigenvalue weighted by molar-refractivity contribution is 6.00. The molecule has 0 aliphatic carbocycles. The van der Waals surface area contributed by atoms with E-state index in [1.54, 1.807) is 10.9 Å². The van der Waals surface area contributed by atoms with Gasteiger partial charge in [0.2, 0.25) is 0 Å². The molecule has 1 N–H and O–H groups in total. The van der Waals surface area contributed by atoms with Crippen LogP contribution >= 0.6 is 0 Å². The van der Waals surface area contributed by atoms with Crippen LogP contribution in [-0.4, -0.2) is 54.3 Å². The number of anilines is 1. The third-order valence-electron chi connectivity index (χ3n) is 6.20. The maximum atomic E-state index is 13.3. The fraction of sp³-hybridized carbons (Fsp3) is 0.304. The lowest BCUT2D eigenvalue weighted by Gasteiger charge is -2.32. The number of rotatable bonds is 5. The summed E-state index contributed by atoms with van der Waals surface area (Å²) < 4.78 is 22.6. The Bertz CT molecular complexity index is 1410. The van der Waals surface area contributed by atoms with Crippen molar-refractivity contribution in [3.63, 3.8) is 0 Å². The third kappa shape index (κ3) is 3.47. The minimum atomic E-state index is -0.289. The Balaban J connectivity index is 1.28. The van der Waals surface area contributed by atoms with Gasteiger partial charge in [0.15, 0.2) is 11.5 Å². The molecule has 9 nitrogen and oxygen atoms in total. The summed E-state index contributed by atoms with van der Waals surface area (Å²) >= 11 is 0. The fourth-order valence-corrected chi connectivity index (χ4v) is 4.61. The summed E-state index contributed by atoms with van der Waals surface area (Å²) in [6.07, 6.45) is 10.1. The van der Waals surface area contributed by atoms with E-state index in [1.807, 2.05) is 29.9 Å². The normalized spacial score (nSPS) is 15.0. The molecule has 0 atom stereocenters. The summed E-state index contributed by atoms with van der Waals surface area (Å²) in [5.41, 5.74) is 3.66. The second kappa shape index (κ2) is 7.88. The van der Waals surface area contributed by atoms with Crippen molar-refractivity contribution in [2.75, 3.05) is 24.6 Å². The van der Waals surface area contributed by atoms with Crippen LogP contribution in [0.25, 0.3) is 27.7 Å². The molecule has 6 rings (SSSR count). The standard InChI is InChI=1S/C23H23FN8O/c1-2-33-18-9-19(22-20-12-26-28-23(20)29-32(22)14-18)15-3-4-21(25-10-15)30-7-5-17(6-8-30)31-13-16(24)11-27-31/h3-4,9-14,17H,2,5-8H2,1H3,(H,28,29). The van der Waals surface area contributed by atoms with Gasteiger partial charge in [-0.1, -0.05) is 0 Å². The maximum absolute atomic E-state index is 13.3. The number of nitrogens with zero attached hydrogens (tertiary/aromatic N) is 7. The summed E-state index contributed by atoms with van der Waals surface area (Å²) in [6, 6.07) is 6.38. The third-order valence-corrected chi connectivity index (χ3v) is 6.20. The van der Waals surface area contributed by atoms with Gasteiger partial charge in [-0.3, -0.25) is 9.78 Å². The van der Waals surface area contributed by atoms with Crippen molar-refractivity contribution in [3.05, 3.63) is 55.0 Å². The Morgan fingerprint density at radius 3 is 2.76 bits per heavy atom. The maximum Gasteiger partial charge on any atom is 0.178 e. The van der Waals surface area contributed by atoms with Gasteiger partial charge < -0.3 is 9.64 Å². The summed E-state index contributed by atoms with van der Waals surface area (Å²) in [5.74, 6) is 1.39. The predicted molar refractivity (Wildman–Crippen MR) is 122 cm³/mol. The van der Waals surface area contributed by atoms with Crippen LogP contribution in [0.4, 0.5) is 10.2 Å². The summed E-state index contributed by atoms with van der Waals surface area (Å²) in [5, 5.41) is 16.7. The number of halogens is 1. The Labute approximate surface area is 188 Å². The van der Waals surface area contributed by atoms with Gasteiger partial charge in [-0.25, -0.2) is 13.9 Å². The zero-order valence-corrected chi connectivity index (χ0v) is 18.1. The van der Waals surface area contributed by atoms with E-state index in [-0.39, 0.29) is 11.9 Å². The summed E-state index contributed by atoms with van der Waals surface area (Å²) in [6.45, 7) is 4.23. The quantitative estimate of drug-likeness (QED) is 0.441. The average Bonchev–Trinajstić information content (AvgIpc) is 3.55. The van der Waals surface area contributed by atoms with Crippen molar-refractivity contribution in [2.45, 2.75) is 25.8 Å². The smallest absolute Gasteiger partial charge is 0.178 e. The number of fused-ring (bicyclic) bond motifs is 3. The Hall–Kier alpha value is -3.95. The minimum absolute atomic E-state index is 0.221. The number of ether oxygens (including phenoxy) is 1. The fourth-order valence-electron chi connectivity index (χ4n) is 4.61. The molecule has 5 aromatic heterocycles. The molecule has 0 spiro atoms. The molecule has 6 heterocycles. The Morgan fingerprint density at radius 2 is 2.03 bits per heavy atom. The molecule has 0 saturated carbocycles. The number of aromatic nitrogens is 7. The summed E-state index contributed by atoms with van der Waals surface area (Å²) in [7, 11) is 0. The van der Waals surface area contributed by atoms with Crippen LogP contribution in [0.3, 0.4) is 0 Å². The lowest BCUT2D eigenvalue weighted by molar-refractivity contribution is 0.338. The lowest BCUT2D eigenvalue weighted by Crippen LogP contribution is -2.35. The van der Waals surface area contributed by atoms with E-state index in [0.717, 1.165) is 65.2 Å². The molecule has 1 fully saturated rings. The number of piperidine rings is 1. The molecule has 0 amide bonds. The van der Waals surface area contributed by atoms with E-state index < -0.39 is 0 Å². The molecule has 1 saturated heterocycles. The number of H-pyrrole nitrogens is 1. The van der Waals surface area contributed by atoms with Gasteiger partial charge in [0, 0.05) is 30.4 Å². The van der Waals surface area contributed by atoms with Crippen LogP contribution in [0.2, 0.25) is 0 Å². The van der Waals surface area contributed by atoms with Gasteiger partial charge in [-0.15, -0.1) is 5.10 Å². The van der Waals surface area contributed by atoms with E-state index >= 15 is 0 Å². The second-order valence-electron chi connectivity index (χ2n) is 8.21. The van der Waals surface area contributed by atoms with Crippen LogP contribution in [0.1, 0.15) is 25.8 Å². The molecule has 0 unspecified atom stereocenters. The zero-order valence-electron chi connectivity index (χ0n) is 18.1. The van der Waals surface area contributed by atoms with Gasteiger partial charge >= 0.3 is 0 Å². The topological polar surface area (TPSA) is 89.2 Å². The van der Waals surface area contributed by atoms with Crippen molar-refractivity contribution < 1.29 is 9.13 Å². The monoisotopic (exact) mass is 446 g/mol. The van der Waals surface area contributed by atoms with Gasteiger partial charge in [0.1, 0.15) is 11.6 Å². The first-order valence-electron chi connectivity index (χ1n) is 11.1. The van der Waals surface area contributed by atoms with Crippen molar-refractivity contribution in [1.29, 1.82) is 0 Å². The van der Waals surface area contributed by atoms with E-state index in [4.69, 9.17) is 9.72 Å². The van der Waals surface area contributed by atoms with Crippen LogP contribution in [0.5, 0.6) is 5.75 Å². The highest BCUT2D eigenvalue weighted by Gasteiger charge is 2.22. The molecule has 0 bridgehead atoms. The molecule has 10 heteroatoms. The number of nitrogens with one attached hydrogen (secondary N) is 1. The molecule has 1 aliphatic heterocycles. The molecule has 33 heavy (non-hydrogen) atoms. The highest BCUT2D eigenvalue weighted by atomic mass is 19.1. The minimum Gasteiger partial charge on any atom is -0.492 e. The largest absolute Gasteiger partial charge is 0.492 e. The first kappa shape index (κ1) is 19.7. The van der Waals surface area contributed by atoms with Crippen LogP contribution in [0.15, 0.2) is 49.2 Å². The number of hydrogen-bond acceptors (Lipinski definition) is 6. The first-order chi connectivity index (χ1) is 16.2. The predicted octanol–water partition coefficient (Wildman–Crippen LogP) is 3.85. The van der Waals surface area contributed by atoms with E-state index in [2.05, 4.69) is 37.4 Å². The van der Waals surface area contributed by atoms with Crippen LogP contribution in [-0.2, 0) is 0 Å². The number of pyridine rings is 2. The molecular formula is C23H23FN8O. The number of hydrogen-bond donors (Lipinski definition) is 1.